The van der Waals surface area contributed by atoms with Gasteiger partial charge in [-0.1, -0.05) is 37.7 Å². The van der Waals surface area contributed by atoms with Crippen LogP contribution in [0.5, 0.6) is 0 Å². The molecule has 0 heterocycles. The molecule has 0 amide bonds. The fourth-order valence-electron chi connectivity index (χ4n) is 0.416. The predicted molar refractivity (Wildman–Crippen MR) is 41.3 cm³/mol. The highest BCUT2D eigenvalue weighted by atomic mass is 32.1. The summed E-state index contributed by atoms with van der Waals surface area (Å²) in [5, 5.41) is 2.62. The molecule has 0 aromatic heterocycles. The highest BCUT2D eigenvalue weighted by Gasteiger charge is 1.70. The van der Waals surface area contributed by atoms with Crippen molar-refractivity contribution in [2.45, 2.75) is 26.2 Å². The van der Waals surface area contributed by atoms with Gasteiger partial charge in [0.05, 0.1) is 0 Å². The van der Waals surface area contributed by atoms with E-state index in [2.05, 4.69) is 36.7 Å². The van der Waals surface area contributed by atoms with Crippen molar-refractivity contribution in [2.24, 2.45) is 0 Å². The standard InChI is InChI=1S/C7H11S/c1-2-3-4-5-6-7-8/h4-5H,2-3,6H2,1H3. The molecule has 0 nitrogen and oxygen atoms in total. The topological polar surface area (TPSA) is 0 Å². The van der Waals surface area contributed by atoms with E-state index in [4.69, 9.17) is 0 Å². The molecular weight excluding hydrogens is 116 g/mol. The molecule has 0 rings (SSSR count). The van der Waals surface area contributed by atoms with Crippen LogP contribution in [0.25, 0.3) is 0 Å². The van der Waals surface area contributed by atoms with E-state index in [0.717, 1.165) is 12.8 Å². The van der Waals surface area contributed by atoms with Crippen LogP contribution in [0, 0.1) is 0 Å². The summed E-state index contributed by atoms with van der Waals surface area (Å²) < 4.78 is 0. The van der Waals surface area contributed by atoms with Gasteiger partial charge in [-0.25, -0.2) is 0 Å². The monoisotopic (exact) mass is 127 g/mol. The Hall–Kier alpha value is -0.170. The summed E-state index contributed by atoms with van der Waals surface area (Å²) >= 11 is 4.50. The molecule has 8 heavy (non-hydrogen) atoms. The van der Waals surface area contributed by atoms with Gasteiger partial charge in [-0.05, 0) is 6.42 Å². The number of thiocarbonyl (C=S) groups is 1. The molecule has 0 fully saturated rings. The van der Waals surface area contributed by atoms with E-state index in [1.165, 1.54) is 6.42 Å². The van der Waals surface area contributed by atoms with Crippen molar-refractivity contribution in [2.75, 3.05) is 0 Å². The first-order valence-electron chi connectivity index (χ1n) is 2.91. The van der Waals surface area contributed by atoms with Crippen molar-refractivity contribution < 1.29 is 0 Å². The van der Waals surface area contributed by atoms with E-state index in [0.29, 0.717) is 0 Å². The highest BCUT2D eigenvalue weighted by molar-refractivity contribution is 7.78. The third kappa shape index (κ3) is 5.83. The van der Waals surface area contributed by atoms with Gasteiger partial charge in [0.15, 0.2) is 0 Å². The first-order chi connectivity index (χ1) is 3.91. The molecule has 0 aliphatic carbocycles. The summed E-state index contributed by atoms with van der Waals surface area (Å²) in [4.78, 5) is 0. The molecule has 45 valence electrons. The van der Waals surface area contributed by atoms with Gasteiger partial charge >= 0.3 is 0 Å². The Bertz CT molecular complexity index is 74.5. The van der Waals surface area contributed by atoms with Crippen molar-refractivity contribution in [3.8, 4) is 0 Å². The summed E-state index contributed by atoms with van der Waals surface area (Å²) in [6, 6.07) is 0. The van der Waals surface area contributed by atoms with Crippen LogP contribution in [0.1, 0.15) is 26.2 Å². The smallest absolute Gasteiger partial charge is 0.0332 e. The zero-order chi connectivity index (χ0) is 6.24. The van der Waals surface area contributed by atoms with Crippen LogP contribution in [0.15, 0.2) is 12.2 Å². The summed E-state index contributed by atoms with van der Waals surface area (Å²) in [5.41, 5.74) is 0. The van der Waals surface area contributed by atoms with Crippen LogP contribution < -0.4 is 0 Å². The minimum absolute atomic E-state index is 0.815. The molecule has 0 aliphatic rings. The Kier molecular flexibility index (Phi) is 6.68. The Morgan fingerprint density at radius 1 is 1.50 bits per heavy atom. The molecular formula is C7H11S. The Balaban J connectivity index is 2.94. The van der Waals surface area contributed by atoms with Crippen molar-refractivity contribution in [3.05, 3.63) is 12.2 Å². The molecule has 0 N–H and O–H groups in total. The second-order valence-electron chi connectivity index (χ2n) is 1.61. The predicted octanol–water partition coefficient (Wildman–Crippen LogP) is 2.61. The van der Waals surface area contributed by atoms with Gasteiger partial charge in [-0.3, -0.25) is 0 Å². The third-order valence-corrected chi connectivity index (χ3v) is 0.990. The van der Waals surface area contributed by atoms with Crippen molar-refractivity contribution in [1.82, 2.24) is 0 Å². The van der Waals surface area contributed by atoms with Crippen LogP contribution >= 0.6 is 12.2 Å². The first-order valence-corrected chi connectivity index (χ1v) is 3.32. The Labute approximate surface area is 56.6 Å². The minimum atomic E-state index is 0.815. The number of rotatable bonds is 4. The second kappa shape index (κ2) is 6.83. The summed E-state index contributed by atoms with van der Waals surface area (Å²) in [6.45, 7) is 2.16. The lowest BCUT2D eigenvalue weighted by Gasteiger charge is -1.79. The second-order valence-corrected chi connectivity index (χ2v) is 1.90. The summed E-state index contributed by atoms with van der Waals surface area (Å²) in [5.74, 6) is 0. The minimum Gasteiger partial charge on any atom is -0.0882 e. The van der Waals surface area contributed by atoms with Gasteiger partial charge in [0.25, 0.3) is 0 Å². The number of unbranched alkanes of at least 4 members (excludes halogenated alkanes) is 1. The average molecular weight is 127 g/mol. The SMILES string of the molecule is CCCC=CC[C]=S. The Morgan fingerprint density at radius 3 is 2.75 bits per heavy atom. The van der Waals surface area contributed by atoms with Gasteiger partial charge in [-0.15, -0.1) is 0 Å². The van der Waals surface area contributed by atoms with Gasteiger partial charge in [0.1, 0.15) is 0 Å². The first kappa shape index (κ1) is 7.83. The van der Waals surface area contributed by atoms with Crippen molar-refractivity contribution >= 4 is 17.6 Å². The van der Waals surface area contributed by atoms with E-state index in [1.54, 1.807) is 0 Å². The van der Waals surface area contributed by atoms with E-state index in [-0.39, 0.29) is 0 Å². The Morgan fingerprint density at radius 2 is 2.25 bits per heavy atom. The molecule has 0 spiro atoms. The lowest BCUT2D eigenvalue weighted by atomic mass is 10.3. The molecule has 0 atom stereocenters. The van der Waals surface area contributed by atoms with Gasteiger partial charge in [0.2, 0.25) is 0 Å². The highest BCUT2D eigenvalue weighted by Crippen LogP contribution is 1.88. The van der Waals surface area contributed by atoms with Crippen molar-refractivity contribution in [3.63, 3.8) is 0 Å². The fourth-order valence-corrected chi connectivity index (χ4v) is 0.512. The average Bonchev–Trinajstić information content (AvgIpc) is 1.81. The number of allylic oxidation sites excluding steroid dienone is 2. The lowest BCUT2D eigenvalue weighted by molar-refractivity contribution is 0.956. The molecule has 0 aliphatic heterocycles. The van der Waals surface area contributed by atoms with E-state index in [9.17, 15) is 0 Å². The molecule has 1 heteroatoms. The summed E-state index contributed by atoms with van der Waals surface area (Å²) in [7, 11) is 0. The molecule has 0 aromatic carbocycles. The maximum absolute atomic E-state index is 4.50. The van der Waals surface area contributed by atoms with E-state index in [1.807, 2.05) is 0 Å². The third-order valence-electron chi connectivity index (χ3n) is 0.823. The number of hydrogen-bond acceptors (Lipinski definition) is 1. The van der Waals surface area contributed by atoms with Crippen LogP contribution in [0.3, 0.4) is 0 Å². The molecule has 0 unspecified atom stereocenters. The lowest BCUT2D eigenvalue weighted by Crippen LogP contribution is -1.63. The zero-order valence-corrected chi connectivity index (χ0v) is 6.00. The molecule has 0 bridgehead atoms. The van der Waals surface area contributed by atoms with Gasteiger partial charge in [0, 0.05) is 11.8 Å². The van der Waals surface area contributed by atoms with E-state index < -0.39 is 0 Å². The summed E-state index contributed by atoms with van der Waals surface area (Å²) in [6.07, 6.45) is 7.38. The van der Waals surface area contributed by atoms with Crippen LogP contribution in [0.4, 0.5) is 0 Å². The van der Waals surface area contributed by atoms with Crippen LogP contribution in [-0.4, -0.2) is 5.37 Å². The zero-order valence-electron chi connectivity index (χ0n) is 5.18. The molecule has 0 aromatic rings. The maximum atomic E-state index is 4.50. The fraction of sp³-hybridized carbons (Fsp3) is 0.571. The molecule has 0 saturated heterocycles. The van der Waals surface area contributed by atoms with Crippen molar-refractivity contribution in [1.29, 1.82) is 0 Å². The quantitative estimate of drug-likeness (QED) is 0.413. The van der Waals surface area contributed by atoms with Crippen LogP contribution in [-0.2, 0) is 0 Å². The van der Waals surface area contributed by atoms with Crippen LogP contribution in [0.2, 0.25) is 0 Å². The van der Waals surface area contributed by atoms with E-state index >= 15 is 0 Å². The maximum Gasteiger partial charge on any atom is 0.0332 e. The number of hydrogen-bond donors (Lipinski definition) is 0. The normalized spacial score (nSPS) is 10.1. The largest absolute Gasteiger partial charge is 0.0882 e. The van der Waals surface area contributed by atoms with Gasteiger partial charge in [-0.2, -0.15) is 0 Å². The molecule has 0 saturated carbocycles. The van der Waals surface area contributed by atoms with Gasteiger partial charge < -0.3 is 0 Å². The molecule has 1 radical (unpaired) electrons.